The van der Waals surface area contributed by atoms with Gasteiger partial charge in [-0.25, -0.2) is 4.98 Å². The number of nitrogens with one attached hydrogen (secondary N) is 2. The van der Waals surface area contributed by atoms with Crippen LogP contribution in [0.1, 0.15) is 25.5 Å². The quantitative estimate of drug-likeness (QED) is 0.592. The first-order valence-electron chi connectivity index (χ1n) is 6.30. The van der Waals surface area contributed by atoms with Crippen LogP contribution in [0.5, 0.6) is 0 Å². The molecule has 114 valence electrons. The van der Waals surface area contributed by atoms with Gasteiger partial charge in [0.15, 0.2) is 0 Å². The maximum Gasteiger partial charge on any atom is 0.322 e. The Morgan fingerprint density at radius 1 is 1.60 bits per heavy atom. The number of carboxylic acids is 1. The summed E-state index contributed by atoms with van der Waals surface area (Å²) in [5, 5.41) is 9.11. The van der Waals surface area contributed by atoms with E-state index in [2.05, 4.69) is 14.7 Å². The third kappa shape index (κ3) is 4.91. The Kier molecular flexibility index (Phi) is 6.11. The highest BCUT2D eigenvalue weighted by Crippen LogP contribution is 2.04. The van der Waals surface area contributed by atoms with Gasteiger partial charge in [0.1, 0.15) is 6.04 Å². The third-order valence-corrected chi connectivity index (χ3v) is 4.39. The monoisotopic (exact) mass is 304 g/mol. The minimum absolute atomic E-state index is 0.0101. The van der Waals surface area contributed by atoms with Crippen molar-refractivity contribution in [3.63, 3.8) is 0 Å². The van der Waals surface area contributed by atoms with Crippen LogP contribution in [-0.2, 0) is 21.4 Å². The number of hydrogen-bond acceptors (Lipinski definition) is 4. The predicted molar refractivity (Wildman–Crippen MR) is 73.3 cm³/mol. The second-order valence-electron chi connectivity index (χ2n) is 4.47. The Morgan fingerprint density at radius 2 is 2.30 bits per heavy atom. The number of hydrogen-bond donors (Lipinski definition) is 3. The molecule has 0 bridgehead atoms. The average molecular weight is 304 g/mol. The molecule has 0 radical (unpaired) electrons. The van der Waals surface area contributed by atoms with Gasteiger partial charge in [0.25, 0.3) is 10.2 Å². The number of H-pyrrole nitrogens is 1. The van der Waals surface area contributed by atoms with Gasteiger partial charge in [0, 0.05) is 31.9 Å². The van der Waals surface area contributed by atoms with E-state index in [0.717, 1.165) is 17.1 Å². The van der Waals surface area contributed by atoms with E-state index in [0.29, 0.717) is 12.2 Å². The van der Waals surface area contributed by atoms with Crippen LogP contribution in [0.2, 0.25) is 0 Å². The van der Waals surface area contributed by atoms with Crippen molar-refractivity contribution in [2.45, 2.75) is 32.2 Å². The molecule has 1 heterocycles. The normalized spacial score (nSPS) is 13.6. The van der Waals surface area contributed by atoms with E-state index < -0.39 is 22.2 Å². The molecule has 1 rings (SSSR count). The number of aliphatic carboxylic acids is 1. The topological polar surface area (TPSA) is 115 Å². The molecule has 1 aromatic rings. The van der Waals surface area contributed by atoms with Crippen LogP contribution < -0.4 is 4.72 Å². The zero-order valence-corrected chi connectivity index (χ0v) is 12.4. The molecule has 0 aliphatic rings. The molecular formula is C11H20N4O4S. The van der Waals surface area contributed by atoms with Crippen molar-refractivity contribution >= 4 is 16.2 Å². The molecule has 0 unspecified atom stereocenters. The van der Waals surface area contributed by atoms with Crippen molar-refractivity contribution in [2.24, 2.45) is 0 Å². The lowest BCUT2D eigenvalue weighted by molar-refractivity contribution is -0.138. The molecule has 20 heavy (non-hydrogen) atoms. The van der Waals surface area contributed by atoms with Gasteiger partial charge >= 0.3 is 5.97 Å². The first-order valence-corrected chi connectivity index (χ1v) is 7.74. The lowest BCUT2D eigenvalue weighted by atomic mass is 10.2. The van der Waals surface area contributed by atoms with Crippen molar-refractivity contribution in [2.75, 3.05) is 13.6 Å². The summed E-state index contributed by atoms with van der Waals surface area (Å²) in [5.41, 5.74) is 0.552. The van der Waals surface area contributed by atoms with Crippen LogP contribution >= 0.6 is 0 Å². The summed E-state index contributed by atoms with van der Waals surface area (Å²) in [6, 6.07) is -1.23. The van der Waals surface area contributed by atoms with Crippen LogP contribution in [0.15, 0.2) is 12.5 Å². The fourth-order valence-electron chi connectivity index (χ4n) is 1.57. The second-order valence-corrected chi connectivity index (χ2v) is 6.28. The molecule has 0 aliphatic carbocycles. The summed E-state index contributed by atoms with van der Waals surface area (Å²) in [6.07, 6.45) is 4.46. The molecular weight excluding hydrogens is 284 g/mol. The maximum atomic E-state index is 12.0. The lowest BCUT2D eigenvalue weighted by Gasteiger charge is -2.20. The highest BCUT2D eigenvalue weighted by molar-refractivity contribution is 7.87. The summed E-state index contributed by atoms with van der Waals surface area (Å²) < 4.78 is 27.3. The average Bonchev–Trinajstić information content (AvgIpc) is 2.87. The van der Waals surface area contributed by atoms with Crippen LogP contribution in [0, 0.1) is 0 Å². The van der Waals surface area contributed by atoms with Crippen molar-refractivity contribution < 1.29 is 18.3 Å². The zero-order chi connectivity index (χ0) is 15.2. The maximum absolute atomic E-state index is 12.0. The predicted octanol–water partition coefficient (Wildman–Crippen LogP) is -0.0283. The van der Waals surface area contributed by atoms with E-state index in [4.69, 9.17) is 5.11 Å². The van der Waals surface area contributed by atoms with Crippen LogP contribution in [-0.4, -0.2) is 53.4 Å². The Bertz CT molecular complexity index is 515. The first-order chi connectivity index (χ1) is 9.36. The molecule has 0 saturated heterocycles. The van der Waals surface area contributed by atoms with E-state index in [1.165, 1.54) is 19.6 Å². The molecule has 0 saturated carbocycles. The molecule has 3 N–H and O–H groups in total. The summed E-state index contributed by atoms with van der Waals surface area (Å²) in [6.45, 7) is 2.30. The number of carboxylic acid groups (broad SMARTS) is 1. The number of imidazole rings is 1. The molecule has 1 atom stereocenters. The van der Waals surface area contributed by atoms with Crippen molar-refractivity contribution in [3.05, 3.63) is 18.2 Å². The smallest absolute Gasteiger partial charge is 0.322 e. The van der Waals surface area contributed by atoms with Gasteiger partial charge in [0.05, 0.1) is 6.33 Å². The molecule has 0 fully saturated rings. The standard InChI is InChI=1S/C11H20N4O4S/c1-3-4-5-15(2)20(18,19)14-10(11(16)17)6-9-7-12-8-13-9/h7-8,10,14H,3-6H2,1-2H3,(H,12,13)(H,16,17)/t10-/m1/s1. The van der Waals surface area contributed by atoms with Gasteiger partial charge in [-0.2, -0.15) is 17.4 Å². The highest BCUT2D eigenvalue weighted by Gasteiger charge is 2.27. The fraction of sp³-hybridized carbons (Fsp3) is 0.636. The van der Waals surface area contributed by atoms with Crippen molar-refractivity contribution in [3.8, 4) is 0 Å². The van der Waals surface area contributed by atoms with E-state index in [-0.39, 0.29) is 6.42 Å². The largest absolute Gasteiger partial charge is 0.480 e. The molecule has 0 aromatic carbocycles. The molecule has 0 aliphatic heterocycles. The first kappa shape index (κ1) is 16.6. The molecule has 0 amide bonds. The molecule has 0 spiro atoms. The number of unbranched alkanes of at least 4 members (excludes halogenated alkanes) is 1. The summed E-state index contributed by atoms with van der Waals surface area (Å²) in [7, 11) is -2.39. The summed E-state index contributed by atoms with van der Waals surface area (Å²) >= 11 is 0. The van der Waals surface area contributed by atoms with Gasteiger partial charge in [0.2, 0.25) is 0 Å². The minimum atomic E-state index is -3.81. The number of aromatic amines is 1. The van der Waals surface area contributed by atoms with E-state index in [1.807, 2.05) is 6.92 Å². The lowest BCUT2D eigenvalue weighted by Crippen LogP contribution is -2.48. The molecule has 9 heteroatoms. The number of nitrogens with zero attached hydrogens (tertiary/aromatic N) is 2. The van der Waals surface area contributed by atoms with E-state index in [9.17, 15) is 13.2 Å². The van der Waals surface area contributed by atoms with Crippen LogP contribution in [0.3, 0.4) is 0 Å². The van der Waals surface area contributed by atoms with Crippen molar-refractivity contribution in [1.82, 2.24) is 19.0 Å². The third-order valence-electron chi connectivity index (χ3n) is 2.81. The Labute approximate surface area is 118 Å². The van der Waals surface area contributed by atoms with Crippen molar-refractivity contribution in [1.29, 1.82) is 0 Å². The van der Waals surface area contributed by atoms with Gasteiger partial charge < -0.3 is 10.1 Å². The number of aromatic nitrogens is 2. The van der Waals surface area contributed by atoms with Crippen LogP contribution in [0.25, 0.3) is 0 Å². The number of rotatable bonds is 9. The van der Waals surface area contributed by atoms with Gasteiger partial charge in [-0.15, -0.1) is 0 Å². The Hall–Kier alpha value is -1.45. The molecule has 1 aromatic heterocycles. The molecule has 8 nitrogen and oxygen atoms in total. The van der Waals surface area contributed by atoms with Gasteiger partial charge in [-0.05, 0) is 6.42 Å². The van der Waals surface area contributed by atoms with Crippen LogP contribution in [0.4, 0.5) is 0 Å². The van der Waals surface area contributed by atoms with E-state index in [1.54, 1.807) is 0 Å². The zero-order valence-electron chi connectivity index (χ0n) is 11.5. The highest BCUT2D eigenvalue weighted by atomic mass is 32.2. The second kappa shape index (κ2) is 7.36. The van der Waals surface area contributed by atoms with E-state index >= 15 is 0 Å². The summed E-state index contributed by atoms with van der Waals surface area (Å²) in [5.74, 6) is -1.23. The fourth-order valence-corrected chi connectivity index (χ4v) is 2.66. The van der Waals surface area contributed by atoms with Gasteiger partial charge in [-0.3, -0.25) is 4.79 Å². The Morgan fingerprint density at radius 3 is 2.80 bits per heavy atom. The van der Waals surface area contributed by atoms with Gasteiger partial charge in [-0.1, -0.05) is 13.3 Å². The Balaban J connectivity index is 2.71. The number of carbonyl (C=O) groups is 1. The minimum Gasteiger partial charge on any atom is -0.480 e. The summed E-state index contributed by atoms with van der Waals surface area (Å²) in [4.78, 5) is 17.7. The SMILES string of the molecule is CCCCN(C)S(=O)(=O)N[C@H](Cc1cnc[nH]1)C(=O)O.